The maximum absolute atomic E-state index is 11.9. The maximum Gasteiger partial charge on any atom is 0.325 e. The molecule has 5 N–H and O–H groups in total. The van der Waals surface area contributed by atoms with Crippen molar-refractivity contribution in [1.29, 1.82) is 0 Å². The van der Waals surface area contributed by atoms with E-state index < -0.39 is 0 Å². The lowest BCUT2D eigenvalue weighted by Crippen LogP contribution is -2.73. The van der Waals surface area contributed by atoms with E-state index in [0.29, 0.717) is 5.95 Å². The second-order valence-electron chi connectivity index (χ2n) is 5.09. The Balaban J connectivity index is 1.79. The van der Waals surface area contributed by atoms with Crippen molar-refractivity contribution < 1.29 is 9.73 Å². The Labute approximate surface area is 127 Å². The smallest absolute Gasteiger partial charge is 0.325 e. The van der Waals surface area contributed by atoms with Gasteiger partial charge in [0.2, 0.25) is 0 Å². The number of nitrogens with zero attached hydrogens (tertiary/aromatic N) is 1. The minimum atomic E-state index is -0.0951. The minimum Gasteiger partial charge on any atom is -0.497 e. The van der Waals surface area contributed by atoms with Crippen molar-refractivity contribution in [1.82, 2.24) is 9.97 Å². The van der Waals surface area contributed by atoms with Crippen molar-refractivity contribution in [3.8, 4) is 5.75 Å². The van der Waals surface area contributed by atoms with Crippen LogP contribution in [0, 0.1) is 0 Å². The van der Waals surface area contributed by atoms with Crippen LogP contribution >= 0.6 is 0 Å². The van der Waals surface area contributed by atoms with Crippen LogP contribution in [0.1, 0.15) is 17.7 Å². The van der Waals surface area contributed by atoms with Gasteiger partial charge >= 0.3 is 5.95 Å². The summed E-state index contributed by atoms with van der Waals surface area (Å²) in [6.07, 6.45) is 2.60. The molecular formula is C15H18N5O2+. The number of anilines is 1. The van der Waals surface area contributed by atoms with E-state index in [1.807, 2.05) is 24.3 Å². The molecular weight excluding hydrogens is 282 g/mol. The first-order valence-corrected chi connectivity index (χ1v) is 7.08. The zero-order valence-corrected chi connectivity index (χ0v) is 12.3. The average Bonchev–Trinajstić information content (AvgIpc) is 2.97. The maximum atomic E-state index is 11.9. The molecule has 0 unspecified atom stereocenters. The Hall–Kier alpha value is -2.83. The molecule has 0 spiro atoms. The molecule has 1 aliphatic carbocycles. The first-order chi connectivity index (χ1) is 10.7. The van der Waals surface area contributed by atoms with E-state index in [-0.39, 0.29) is 11.5 Å². The zero-order chi connectivity index (χ0) is 15.5. The molecule has 7 nitrogen and oxygen atoms in total. The van der Waals surface area contributed by atoms with Gasteiger partial charge in [-0.25, -0.2) is 9.98 Å². The van der Waals surface area contributed by atoms with Gasteiger partial charge in [-0.15, -0.1) is 4.98 Å². The molecule has 3 rings (SSSR count). The molecule has 1 aromatic heterocycles. The number of aryl methyl sites for hydroxylation is 1. The van der Waals surface area contributed by atoms with Crippen LogP contribution in [0.4, 0.5) is 11.6 Å². The number of benzene rings is 1. The first kappa shape index (κ1) is 14.1. The number of ether oxygens (including phenoxy) is 1. The molecule has 114 valence electrons. The van der Waals surface area contributed by atoms with Gasteiger partial charge in [-0.3, -0.25) is 10.1 Å². The molecule has 1 heterocycles. The molecule has 0 saturated carbocycles. The monoisotopic (exact) mass is 300 g/mol. The summed E-state index contributed by atoms with van der Waals surface area (Å²) in [5.74, 6) is 1.40. The van der Waals surface area contributed by atoms with Crippen molar-refractivity contribution in [3.63, 3.8) is 0 Å². The number of aromatic amines is 1. The molecule has 0 aliphatic heterocycles. The van der Waals surface area contributed by atoms with Crippen LogP contribution in [-0.2, 0) is 12.8 Å². The fourth-order valence-electron chi connectivity index (χ4n) is 2.49. The van der Waals surface area contributed by atoms with E-state index in [0.717, 1.165) is 42.0 Å². The summed E-state index contributed by atoms with van der Waals surface area (Å²) in [5, 5.41) is 2.99. The molecule has 0 radical (unpaired) electrons. The number of H-pyrrole nitrogens is 1. The Morgan fingerprint density at radius 3 is 2.86 bits per heavy atom. The Morgan fingerprint density at radius 2 is 2.14 bits per heavy atom. The highest BCUT2D eigenvalue weighted by Gasteiger charge is 2.19. The third kappa shape index (κ3) is 2.93. The van der Waals surface area contributed by atoms with Crippen molar-refractivity contribution in [3.05, 3.63) is 45.9 Å². The fourth-order valence-corrected chi connectivity index (χ4v) is 2.49. The average molecular weight is 300 g/mol. The summed E-state index contributed by atoms with van der Waals surface area (Å²) in [7, 11) is 1.61. The van der Waals surface area contributed by atoms with E-state index in [2.05, 4.69) is 20.3 Å². The summed E-state index contributed by atoms with van der Waals surface area (Å²) in [6.45, 7) is 0. The number of methoxy groups -OCH3 is 1. The molecule has 0 amide bonds. The summed E-state index contributed by atoms with van der Waals surface area (Å²) in [5.41, 5.74) is 8.24. The summed E-state index contributed by atoms with van der Waals surface area (Å²) >= 11 is 0. The molecule has 2 aromatic rings. The molecule has 7 heteroatoms. The third-order valence-electron chi connectivity index (χ3n) is 3.56. The first-order valence-electron chi connectivity index (χ1n) is 7.08. The molecule has 1 aliphatic rings. The third-order valence-corrected chi connectivity index (χ3v) is 3.56. The fraction of sp³-hybridized carbons (Fsp3) is 0.267. The van der Waals surface area contributed by atoms with Gasteiger partial charge < -0.3 is 10.5 Å². The number of hydrogen-bond acceptors (Lipinski definition) is 3. The van der Waals surface area contributed by atoms with Crippen molar-refractivity contribution in [2.75, 3.05) is 12.4 Å². The van der Waals surface area contributed by atoms with Crippen molar-refractivity contribution in [2.45, 2.75) is 19.3 Å². The van der Waals surface area contributed by atoms with E-state index in [1.165, 1.54) is 0 Å². The van der Waals surface area contributed by atoms with Gasteiger partial charge in [-0.05, 0) is 37.1 Å². The van der Waals surface area contributed by atoms with Gasteiger partial charge in [-0.1, -0.05) is 0 Å². The van der Waals surface area contributed by atoms with Gasteiger partial charge in [-0.2, -0.15) is 0 Å². The Morgan fingerprint density at radius 1 is 1.36 bits per heavy atom. The van der Waals surface area contributed by atoms with Crippen LogP contribution in [0.5, 0.6) is 5.75 Å². The predicted octanol–water partition coefficient (Wildman–Crippen LogP) is -0.594. The lowest BCUT2D eigenvalue weighted by Gasteiger charge is -2.03. The lowest BCUT2D eigenvalue weighted by atomic mass is 10.3. The Kier molecular flexibility index (Phi) is 3.78. The minimum absolute atomic E-state index is 0.0951. The number of guanidine groups is 1. The van der Waals surface area contributed by atoms with Gasteiger partial charge in [0.05, 0.1) is 24.1 Å². The lowest BCUT2D eigenvalue weighted by molar-refractivity contribution is -0.365. The second kappa shape index (κ2) is 5.88. The van der Waals surface area contributed by atoms with E-state index in [9.17, 15) is 4.79 Å². The van der Waals surface area contributed by atoms with Crippen molar-refractivity contribution in [2.24, 2.45) is 5.73 Å². The molecule has 0 atom stereocenters. The highest BCUT2D eigenvalue weighted by atomic mass is 16.5. The topological polar surface area (TPSA) is 107 Å². The number of nitrogens with two attached hydrogens (primary N) is 1. The summed E-state index contributed by atoms with van der Waals surface area (Å²) in [4.78, 5) is 21.9. The second-order valence-corrected chi connectivity index (χ2v) is 5.09. The van der Waals surface area contributed by atoms with E-state index in [1.54, 1.807) is 7.11 Å². The number of aromatic nitrogens is 2. The normalized spacial score (nSPS) is 13.8. The summed E-state index contributed by atoms with van der Waals surface area (Å²) < 4.78 is 5.09. The van der Waals surface area contributed by atoms with Crippen LogP contribution in [0.15, 0.2) is 29.1 Å². The van der Waals surface area contributed by atoms with E-state index in [4.69, 9.17) is 10.5 Å². The van der Waals surface area contributed by atoms with Crippen LogP contribution in [0.2, 0.25) is 0 Å². The number of nitrogens with one attached hydrogen (secondary N) is 3. The zero-order valence-electron chi connectivity index (χ0n) is 12.3. The SMILES string of the molecule is COc1ccc(NC(N)=[NH+]c2nc3c(c(=O)[nH]2)CCC3)cc1. The van der Waals surface area contributed by atoms with Crippen LogP contribution in [0.25, 0.3) is 0 Å². The number of fused-ring (bicyclic) bond motifs is 1. The van der Waals surface area contributed by atoms with Crippen molar-refractivity contribution >= 4 is 17.6 Å². The number of hydrogen-bond donors (Lipinski definition) is 4. The standard InChI is InChI=1S/C15H17N5O2/c1-22-10-7-5-9(6-8-10)17-14(16)20-15-18-12-4-2-3-11(12)13(21)19-15/h5-8H,2-4H2,1H3,(H4,16,17,18,19,20,21)/p+1. The quantitative estimate of drug-likeness (QED) is 0.447. The molecule has 0 saturated heterocycles. The summed E-state index contributed by atoms with van der Waals surface area (Å²) in [6, 6.07) is 7.33. The van der Waals surface area contributed by atoms with Gasteiger partial charge in [0, 0.05) is 6.42 Å². The Bertz CT molecular complexity index is 764. The van der Waals surface area contributed by atoms with Gasteiger partial charge in [0.15, 0.2) is 0 Å². The highest BCUT2D eigenvalue weighted by Crippen LogP contribution is 2.15. The van der Waals surface area contributed by atoms with Crippen LogP contribution in [-0.4, -0.2) is 23.0 Å². The number of rotatable bonds is 3. The molecule has 22 heavy (non-hydrogen) atoms. The molecule has 0 fully saturated rings. The largest absolute Gasteiger partial charge is 0.497 e. The molecule has 0 bridgehead atoms. The van der Waals surface area contributed by atoms with Crippen LogP contribution in [0.3, 0.4) is 0 Å². The van der Waals surface area contributed by atoms with Crippen LogP contribution < -0.4 is 26.3 Å². The highest BCUT2D eigenvalue weighted by molar-refractivity contribution is 5.88. The van der Waals surface area contributed by atoms with Gasteiger partial charge in [0.25, 0.3) is 11.5 Å². The molecule has 1 aromatic carbocycles. The van der Waals surface area contributed by atoms with E-state index >= 15 is 0 Å². The predicted molar refractivity (Wildman–Crippen MR) is 83.3 cm³/mol. The van der Waals surface area contributed by atoms with Gasteiger partial charge in [0.1, 0.15) is 5.75 Å².